The second-order valence-electron chi connectivity index (χ2n) is 3.88. The molecular weight excluding hydrogens is 178 g/mol. The lowest BCUT2D eigenvalue weighted by molar-refractivity contribution is 0.534. The second-order valence-corrected chi connectivity index (χ2v) is 5.22. The molecule has 1 atom stereocenters. The van der Waals surface area contributed by atoms with Crippen LogP contribution in [0.4, 0.5) is 0 Å². The van der Waals surface area contributed by atoms with Crippen LogP contribution in [0.15, 0.2) is 6.07 Å². The summed E-state index contributed by atoms with van der Waals surface area (Å²) >= 11 is 1.99. The van der Waals surface area contributed by atoms with E-state index in [1.807, 2.05) is 18.4 Å². The Morgan fingerprint density at radius 1 is 1.62 bits per heavy atom. The standard InChI is InChI=1S/C11H17NS/c1-8-6-10-9(7-12-2)4-3-5-11(10)13-8/h6,9,12H,3-5,7H2,1-2H3. The summed E-state index contributed by atoms with van der Waals surface area (Å²) in [6.07, 6.45) is 4.05. The molecule has 0 saturated heterocycles. The number of rotatable bonds is 2. The zero-order chi connectivity index (χ0) is 9.26. The Balaban J connectivity index is 2.25. The van der Waals surface area contributed by atoms with Crippen molar-refractivity contribution in [2.24, 2.45) is 0 Å². The second kappa shape index (κ2) is 3.81. The zero-order valence-corrected chi connectivity index (χ0v) is 9.21. The Bertz CT molecular complexity index is 290. The lowest BCUT2D eigenvalue weighted by atomic mass is 9.87. The van der Waals surface area contributed by atoms with Gasteiger partial charge in [0.2, 0.25) is 0 Å². The van der Waals surface area contributed by atoms with Crippen molar-refractivity contribution in [2.45, 2.75) is 32.1 Å². The lowest BCUT2D eigenvalue weighted by Crippen LogP contribution is -2.20. The van der Waals surface area contributed by atoms with E-state index in [0.717, 1.165) is 12.5 Å². The summed E-state index contributed by atoms with van der Waals surface area (Å²) in [5, 5.41) is 3.29. The van der Waals surface area contributed by atoms with Gasteiger partial charge in [0.1, 0.15) is 0 Å². The van der Waals surface area contributed by atoms with Crippen LogP contribution in [0.25, 0.3) is 0 Å². The van der Waals surface area contributed by atoms with Crippen LogP contribution in [0.5, 0.6) is 0 Å². The summed E-state index contributed by atoms with van der Waals surface area (Å²) in [7, 11) is 2.05. The van der Waals surface area contributed by atoms with Gasteiger partial charge in [-0.2, -0.15) is 0 Å². The van der Waals surface area contributed by atoms with E-state index in [-0.39, 0.29) is 0 Å². The SMILES string of the molecule is CNCC1CCCc2sc(C)cc21. The van der Waals surface area contributed by atoms with Crippen molar-refractivity contribution in [1.82, 2.24) is 5.32 Å². The van der Waals surface area contributed by atoms with Gasteiger partial charge in [-0.3, -0.25) is 0 Å². The molecule has 1 aromatic heterocycles. The third kappa shape index (κ3) is 1.79. The summed E-state index contributed by atoms with van der Waals surface area (Å²) in [5.41, 5.74) is 1.63. The summed E-state index contributed by atoms with van der Waals surface area (Å²) < 4.78 is 0. The monoisotopic (exact) mass is 195 g/mol. The van der Waals surface area contributed by atoms with Crippen LogP contribution in [0.2, 0.25) is 0 Å². The Morgan fingerprint density at radius 2 is 2.46 bits per heavy atom. The van der Waals surface area contributed by atoms with Crippen LogP contribution in [0.3, 0.4) is 0 Å². The van der Waals surface area contributed by atoms with Crippen LogP contribution < -0.4 is 5.32 Å². The fourth-order valence-corrected chi connectivity index (χ4v) is 3.41. The van der Waals surface area contributed by atoms with E-state index in [0.29, 0.717) is 0 Å². The number of hydrogen-bond donors (Lipinski definition) is 1. The average molecular weight is 195 g/mol. The minimum atomic E-state index is 0.777. The summed E-state index contributed by atoms with van der Waals surface area (Å²) in [5.74, 6) is 0.777. The van der Waals surface area contributed by atoms with Gasteiger partial charge in [-0.1, -0.05) is 0 Å². The molecule has 1 heterocycles. The van der Waals surface area contributed by atoms with Crippen molar-refractivity contribution < 1.29 is 0 Å². The molecule has 0 amide bonds. The molecule has 0 spiro atoms. The maximum Gasteiger partial charge on any atom is 0.00833 e. The van der Waals surface area contributed by atoms with Gasteiger partial charge in [0.05, 0.1) is 0 Å². The van der Waals surface area contributed by atoms with Gasteiger partial charge in [-0.15, -0.1) is 11.3 Å². The highest BCUT2D eigenvalue weighted by Gasteiger charge is 2.21. The zero-order valence-electron chi connectivity index (χ0n) is 8.39. The molecule has 2 heteroatoms. The molecule has 1 aliphatic rings. The number of nitrogens with one attached hydrogen (secondary N) is 1. The minimum Gasteiger partial charge on any atom is -0.319 e. The first kappa shape index (κ1) is 9.22. The maximum absolute atomic E-state index is 3.29. The molecule has 0 fully saturated rings. The van der Waals surface area contributed by atoms with Gasteiger partial charge < -0.3 is 5.32 Å². The van der Waals surface area contributed by atoms with E-state index >= 15 is 0 Å². The van der Waals surface area contributed by atoms with Crippen molar-refractivity contribution in [3.05, 3.63) is 21.4 Å². The third-order valence-corrected chi connectivity index (χ3v) is 3.94. The predicted molar refractivity (Wildman–Crippen MR) is 58.7 cm³/mol. The fourth-order valence-electron chi connectivity index (χ4n) is 2.25. The summed E-state index contributed by atoms with van der Waals surface area (Å²) in [6, 6.07) is 2.39. The molecule has 2 rings (SSSR count). The molecule has 13 heavy (non-hydrogen) atoms. The first-order valence-corrected chi connectivity index (χ1v) is 5.86. The maximum atomic E-state index is 3.29. The van der Waals surface area contributed by atoms with Gasteiger partial charge >= 0.3 is 0 Å². The van der Waals surface area contributed by atoms with Crippen LogP contribution in [-0.4, -0.2) is 13.6 Å². The van der Waals surface area contributed by atoms with Gasteiger partial charge in [-0.25, -0.2) is 0 Å². The number of likely N-dealkylation sites (N-methyl/N-ethyl adjacent to an activating group) is 1. The Morgan fingerprint density at radius 3 is 3.23 bits per heavy atom. The van der Waals surface area contributed by atoms with E-state index < -0.39 is 0 Å². The van der Waals surface area contributed by atoms with E-state index in [9.17, 15) is 0 Å². The molecule has 72 valence electrons. The quantitative estimate of drug-likeness (QED) is 0.765. The number of hydrogen-bond acceptors (Lipinski definition) is 2. The first-order valence-electron chi connectivity index (χ1n) is 5.05. The van der Waals surface area contributed by atoms with Crippen molar-refractivity contribution in [3.8, 4) is 0 Å². The fraction of sp³-hybridized carbons (Fsp3) is 0.636. The molecule has 0 bridgehead atoms. The van der Waals surface area contributed by atoms with E-state index in [2.05, 4.69) is 18.3 Å². The number of fused-ring (bicyclic) bond motifs is 1. The molecule has 1 aromatic rings. The van der Waals surface area contributed by atoms with Crippen molar-refractivity contribution in [3.63, 3.8) is 0 Å². The molecule has 0 aliphatic heterocycles. The summed E-state index contributed by atoms with van der Waals surface area (Å²) in [4.78, 5) is 3.12. The molecule has 1 aliphatic carbocycles. The highest BCUT2D eigenvalue weighted by atomic mass is 32.1. The first-order chi connectivity index (χ1) is 6.31. The Hall–Kier alpha value is -0.340. The molecule has 1 unspecified atom stereocenters. The molecule has 1 nitrogen and oxygen atoms in total. The highest BCUT2D eigenvalue weighted by Crippen LogP contribution is 2.36. The van der Waals surface area contributed by atoms with Crippen LogP contribution >= 0.6 is 11.3 Å². The molecule has 0 radical (unpaired) electrons. The largest absolute Gasteiger partial charge is 0.319 e. The minimum absolute atomic E-state index is 0.777. The number of thiophene rings is 1. The molecule has 0 saturated carbocycles. The van der Waals surface area contributed by atoms with E-state index in [4.69, 9.17) is 0 Å². The third-order valence-electron chi connectivity index (χ3n) is 2.81. The molecule has 0 aromatic carbocycles. The Labute approximate surface area is 84.2 Å². The predicted octanol–water partition coefficient (Wildman–Crippen LogP) is 2.70. The van der Waals surface area contributed by atoms with Crippen LogP contribution in [0.1, 0.15) is 34.1 Å². The molecular formula is C11H17NS. The van der Waals surface area contributed by atoms with E-state index in [1.54, 1.807) is 10.4 Å². The summed E-state index contributed by atoms with van der Waals surface area (Å²) in [6.45, 7) is 3.36. The smallest absolute Gasteiger partial charge is 0.00833 e. The Kier molecular flexibility index (Phi) is 2.70. The number of aryl methyl sites for hydroxylation is 2. The van der Waals surface area contributed by atoms with Crippen LogP contribution in [0, 0.1) is 6.92 Å². The van der Waals surface area contributed by atoms with Gasteiger partial charge in [0, 0.05) is 16.3 Å². The highest BCUT2D eigenvalue weighted by molar-refractivity contribution is 7.12. The van der Waals surface area contributed by atoms with Crippen LogP contribution in [-0.2, 0) is 6.42 Å². The van der Waals surface area contributed by atoms with Crippen molar-refractivity contribution in [1.29, 1.82) is 0 Å². The molecule has 1 N–H and O–H groups in total. The lowest BCUT2D eigenvalue weighted by Gasteiger charge is -2.21. The van der Waals surface area contributed by atoms with Gasteiger partial charge in [-0.05, 0) is 50.8 Å². The van der Waals surface area contributed by atoms with Gasteiger partial charge in [0.15, 0.2) is 0 Å². The average Bonchev–Trinajstić information content (AvgIpc) is 2.47. The van der Waals surface area contributed by atoms with Crippen molar-refractivity contribution >= 4 is 11.3 Å². The van der Waals surface area contributed by atoms with E-state index in [1.165, 1.54) is 24.1 Å². The normalized spacial score (nSPS) is 21.5. The topological polar surface area (TPSA) is 12.0 Å². The van der Waals surface area contributed by atoms with Crippen molar-refractivity contribution in [2.75, 3.05) is 13.6 Å². The van der Waals surface area contributed by atoms with Gasteiger partial charge in [0.25, 0.3) is 0 Å².